The van der Waals surface area contributed by atoms with Crippen LogP contribution in [0.2, 0.25) is 0 Å². The standard InChI is InChI=1S/C11H14N4O/c12-7-1-2-10-13-11(15-14-10)8-3-5-9(16)6-4-8/h3-6,16H,1-2,7,12H2,(H,13,14,15). The number of H-pyrrole nitrogens is 1. The van der Waals surface area contributed by atoms with E-state index in [4.69, 9.17) is 10.8 Å². The highest BCUT2D eigenvalue weighted by molar-refractivity contribution is 5.55. The van der Waals surface area contributed by atoms with E-state index in [2.05, 4.69) is 15.2 Å². The Morgan fingerprint density at radius 2 is 2.00 bits per heavy atom. The molecule has 5 nitrogen and oxygen atoms in total. The Balaban J connectivity index is 2.15. The van der Waals surface area contributed by atoms with Crippen molar-refractivity contribution >= 4 is 0 Å². The molecule has 2 aromatic rings. The van der Waals surface area contributed by atoms with E-state index < -0.39 is 0 Å². The van der Waals surface area contributed by atoms with Gasteiger partial charge in [-0.2, -0.15) is 5.10 Å². The van der Waals surface area contributed by atoms with Crippen LogP contribution in [-0.2, 0) is 6.42 Å². The van der Waals surface area contributed by atoms with Gasteiger partial charge in [0.25, 0.3) is 0 Å². The van der Waals surface area contributed by atoms with Crippen molar-refractivity contribution in [3.63, 3.8) is 0 Å². The summed E-state index contributed by atoms with van der Waals surface area (Å²) in [6.45, 7) is 0.648. The van der Waals surface area contributed by atoms with Crippen LogP contribution in [0, 0.1) is 0 Å². The number of aromatic hydroxyl groups is 1. The first-order valence-electron chi connectivity index (χ1n) is 5.20. The molecule has 1 aromatic carbocycles. The van der Waals surface area contributed by atoms with Gasteiger partial charge in [-0.15, -0.1) is 0 Å². The maximum atomic E-state index is 9.16. The molecule has 0 bridgehead atoms. The van der Waals surface area contributed by atoms with Crippen LogP contribution in [0.5, 0.6) is 5.75 Å². The maximum Gasteiger partial charge on any atom is 0.181 e. The SMILES string of the molecule is NCCCc1nc(-c2ccc(O)cc2)n[nH]1. The second kappa shape index (κ2) is 4.76. The Labute approximate surface area is 93.3 Å². The van der Waals surface area contributed by atoms with Crippen LogP contribution < -0.4 is 5.73 Å². The number of rotatable bonds is 4. The minimum absolute atomic E-state index is 0.239. The van der Waals surface area contributed by atoms with E-state index in [0.717, 1.165) is 24.2 Å². The Bertz CT molecular complexity index is 449. The first-order chi connectivity index (χ1) is 7.79. The number of aromatic amines is 1. The molecule has 0 atom stereocenters. The molecule has 16 heavy (non-hydrogen) atoms. The average molecular weight is 218 g/mol. The zero-order valence-electron chi connectivity index (χ0n) is 8.85. The third-order valence-electron chi connectivity index (χ3n) is 2.27. The van der Waals surface area contributed by atoms with Gasteiger partial charge in [-0.1, -0.05) is 0 Å². The Kier molecular flexibility index (Phi) is 3.16. The minimum Gasteiger partial charge on any atom is -0.508 e. The number of phenols is 1. The lowest BCUT2D eigenvalue weighted by molar-refractivity contribution is 0.475. The van der Waals surface area contributed by atoms with Crippen molar-refractivity contribution in [3.05, 3.63) is 30.1 Å². The van der Waals surface area contributed by atoms with Crippen molar-refractivity contribution in [1.29, 1.82) is 0 Å². The third kappa shape index (κ3) is 2.38. The lowest BCUT2D eigenvalue weighted by atomic mass is 10.2. The summed E-state index contributed by atoms with van der Waals surface area (Å²) in [7, 11) is 0. The molecule has 4 N–H and O–H groups in total. The Morgan fingerprint density at radius 3 is 2.69 bits per heavy atom. The van der Waals surface area contributed by atoms with E-state index in [0.29, 0.717) is 12.4 Å². The average Bonchev–Trinajstić information content (AvgIpc) is 2.76. The number of nitrogens with one attached hydrogen (secondary N) is 1. The van der Waals surface area contributed by atoms with E-state index in [1.165, 1.54) is 0 Å². The van der Waals surface area contributed by atoms with E-state index in [1.54, 1.807) is 24.3 Å². The monoisotopic (exact) mass is 218 g/mol. The molecule has 0 spiro atoms. The van der Waals surface area contributed by atoms with Gasteiger partial charge in [0.2, 0.25) is 0 Å². The number of aromatic nitrogens is 3. The summed E-state index contributed by atoms with van der Waals surface area (Å²) in [5, 5.41) is 16.1. The van der Waals surface area contributed by atoms with Gasteiger partial charge in [-0.25, -0.2) is 4.98 Å². The zero-order valence-corrected chi connectivity index (χ0v) is 8.85. The van der Waals surface area contributed by atoms with Crippen molar-refractivity contribution in [3.8, 4) is 17.1 Å². The van der Waals surface area contributed by atoms with Gasteiger partial charge in [0, 0.05) is 12.0 Å². The molecule has 0 saturated carbocycles. The molecule has 1 aromatic heterocycles. The van der Waals surface area contributed by atoms with Crippen LogP contribution in [0.15, 0.2) is 24.3 Å². The Hall–Kier alpha value is -1.88. The molecule has 0 unspecified atom stereocenters. The van der Waals surface area contributed by atoms with Gasteiger partial charge in [0.1, 0.15) is 11.6 Å². The molecule has 0 aliphatic heterocycles. The van der Waals surface area contributed by atoms with Crippen molar-refractivity contribution in [1.82, 2.24) is 15.2 Å². The van der Waals surface area contributed by atoms with Gasteiger partial charge in [-0.3, -0.25) is 5.10 Å². The highest BCUT2D eigenvalue weighted by Crippen LogP contribution is 2.18. The van der Waals surface area contributed by atoms with Crippen LogP contribution in [-0.4, -0.2) is 26.8 Å². The summed E-state index contributed by atoms with van der Waals surface area (Å²) < 4.78 is 0. The molecule has 0 aliphatic carbocycles. The van der Waals surface area contributed by atoms with Crippen LogP contribution in [0.4, 0.5) is 0 Å². The van der Waals surface area contributed by atoms with Crippen molar-refractivity contribution in [2.75, 3.05) is 6.54 Å². The largest absolute Gasteiger partial charge is 0.508 e. The lowest BCUT2D eigenvalue weighted by Gasteiger charge is -1.94. The number of hydrogen-bond acceptors (Lipinski definition) is 4. The highest BCUT2D eigenvalue weighted by Gasteiger charge is 2.05. The summed E-state index contributed by atoms with van der Waals surface area (Å²) in [6, 6.07) is 6.80. The molecule has 1 heterocycles. The molecule has 0 amide bonds. The van der Waals surface area contributed by atoms with Crippen molar-refractivity contribution < 1.29 is 5.11 Å². The van der Waals surface area contributed by atoms with Crippen molar-refractivity contribution in [2.24, 2.45) is 5.73 Å². The van der Waals surface area contributed by atoms with Crippen molar-refractivity contribution in [2.45, 2.75) is 12.8 Å². The van der Waals surface area contributed by atoms with Crippen LogP contribution in [0.25, 0.3) is 11.4 Å². The third-order valence-corrected chi connectivity index (χ3v) is 2.27. The summed E-state index contributed by atoms with van der Waals surface area (Å²) in [6.07, 6.45) is 1.70. The number of benzene rings is 1. The van der Waals surface area contributed by atoms with Crippen LogP contribution >= 0.6 is 0 Å². The highest BCUT2D eigenvalue weighted by atomic mass is 16.3. The molecular weight excluding hydrogens is 204 g/mol. The molecule has 0 fully saturated rings. The van der Waals surface area contributed by atoms with Gasteiger partial charge >= 0.3 is 0 Å². The molecule has 2 rings (SSSR count). The Morgan fingerprint density at radius 1 is 1.25 bits per heavy atom. The fraction of sp³-hybridized carbons (Fsp3) is 0.273. The van der Waals surface area contributed by atoms with E-state index >= 15 is 0 Å². The summed E-state index contributed by atoms with van der Waals surface area (Å²) in [4.78, 5) is 4.34. The first kappa shape index (κ1) is 10.6. The second-order valence-corrected chi connectivity index (χ2v) is 3.54. The van der Waals surface area contributed by atoms with Crippen LogP contribution in [0.1, 0.15) is 12.2 Å². The number of nitrogens with two attached hydrogens (primary N) is 1. The zero-order chi connectivity index (χ0) is 11.4. The summed E-state index contributed by atoms with van der Waals surface area (Å²) >= 11 is 0. The van der Waals surface area contributed by atoms with Gasteiger partial charge in [0.15, 0.2) is 5.82 Å². The quantitative estimate of drug-likeness (QED) is 0.716. The second-order valence-electron chi connectivity index (χ2n) is 3.54. The van der Waals surface area contributed by atoms with Gasteiger partial charge in [0.05, 0.1) is 0 Å². The topological polar surface area (TPSA) is 87.8 Å². The molecular formula is C11H14N4O. The van der Waals surface area contributed by atoms with E-state index in [1.807, 2.05) is 0 Å². The lowest BCUT2D eigenvalue weighted by Crippen LogP contribution is -2.01. The normalized spacial score (nSPS) is 10.6. The van der Waals surface area contributed by atoms with E-state index in [-0.39, 0.29) is 5.75 Å². The number of nitrogens with zero attached hydrogens (tertiary/aromatic N) is 2. The minimum atomic E-state index is 0.239. The summed E-state index contributed by atoms with van der Waals surface area (Å²) in [5.41, 5.74) is 6.30. The summed E-state index contributed by atoms with van der Waals surface area (Å²) in [5.74, 6) is 1.73. The molecule has 0 aliphatic rings. The number of phenolic OH excluding ortho intramolecular Hbond substituents is 1. The number of aryl methyl sites for hydroxylation is 1. The number of hydrogen-bond donors (Lipinski definition) is 3. The molecule has 0 radical (unpaired) electrons. The first-order valence-corrected chi connectivity index (χ1v) is 5.20. The predicted octanol–water partition coefficient (Wildman–Crippen LogP) is 1.07. The molecule has 84 valence electrons. The predicted molar refractivity (Wildman–Crippen MR) is 60.9 cm³/mol. The fourth-order valence-corrected chi connectivity index (χ4v) is 1.42. The fourth-order valence-electron chi connectivity index (χ4n) is 1.42. The van der Waals surface area contributed by atoms with E-state index in [9.17, 15) is 0 Å². The molecule has 0 saturated heterocycles. The smallest absolute Gasteiger partial charge is 0.181 e. The van der Waals surface area contributed by atoms with Gasteiger partial charge < -0.3 is 10.8 Å². The maximum absolute atomic E-state index is 9.16. The van der Waals surface area contributed by atoms with Gasteiger partial charge in [-0.05, 0) is 37.2 Å². The molecule has 5 heteroatoms. The van der Waals surface area contributed by atoms with Crippen LogP contribution in [0.3, 0.4) is 0 Å².